The Balaban J connectivity index is 2.38. The van der Waals surface area contributed by atoms with Crippen molar-refractivity contribution in [3.05, 3.63) is 59.2 Å². The molecule has 0 atom stereocenters. The normalized spacial score (nSPS) is 11.0. The van der Waals surface area contributed by atoms with Crippen LogP contribution in [-0.4, -0.2) is 19.1 Å². The average Bonchev–Trinajstić information content (AvgIpc) is 2.62. The Kier molecular flexibility index (Phi) is 6.40. The van der Waals surface area contributed by atoms with Crippen molar-refractivity contribution in [1.29, 1.82) is 5.26 Å². The number of nitriles is 1. The Bertz CT molecular complexity index is 864. The topological polar surface area (TPSA) is 71.3 Å². The zero-order valence-corrected chi connectivity index (χ0v) is 15.4. The Labute approximate surface area is 153 Å². The summed E-state index contributed by atoms with van der Waals surface area (Å²) in [6.45, 7) is 5.69. The van der Waals surface area contributed by atoms with Crippen LogP contribution in [0.1, 0.15) is 25.0 Å². The van der Waals surface area contributed by atoms with E-state index in [1.807, 2.05) is 45.0 Å². The molecule has 0 heterocycles. The molecule has 0 saturated heterocycles. The molecule has 0 aliphatic heterocycles. The molecule has 0 unspecified atom stereocenters. The fraction of sp³-hybridized carbons (Fsp3) is 0.238. The number of carbonyl (C=O) groups excluding carboxylic acids is 1. The van der Waals surface area contributed by atoms with E-state index in [4.69, 9.17) is 9.47 Å². The number of para-hydroxylation sites is 2. The molecule has 5 heteroatoms. The summed E-state index contributed by atoms with van der Waals surface area (Å²) < 4.78 is 11.2. The molecule has 2 rings (SSSR count). The van der Waals surface area contributed by atoms with Gasteiger partial charge >= 0.3 is 0 Å². The van der Waals surface area contributed by atoms with Crippen LogP contribution in [-0.2, 0) is 4.79 Å². The van der Waals surface area contributed by atoms with Crippen molar-refractivity contribution >= 4 is 17.7 Å². The van der Waals surface area contributed by atoms with E-state index in [0.29, 0.717) is 22.7 Å². The van der Waals surface area contributed by atoms with Gasteiger partial charge in [-0.3, -0.25) is 4.79 Å². The number of nitrogens with zero attached hydrogens (tertiary/aromatic N) is 1. The number of hydrogen-bond acceptors (Lipinski definition) is 4. The maximum Gasteiger partial charge on any atom is 0.266 e. The average molecular weight is 350 g/mol. The first kappa shape index (κ1) is 19.1. The van der Waals surface area contributed by atoms with Crippen LogP contribution >= 0.6 is 0 Å². The molecule has 26 heavy (non-hydrogen) atoms. The highest BCUT2D eigenvalue weighted by atomic mass is 16.5. The highest BCUT2D eigenvalue weighted by molar-refractivity contribution is 6.10. The van der Waals surface area contributed by atoms with Gasteiger partial charge in [0.25, 0.3) is 5.91 Å². The predicted molar refractivity (Wildman–Crippen MR) is 102 cm³/mol. The largest absolute Gasteiger partial charge is 0.493 e. The van der Waals surface area contributed by atoms with E-state index < -0.39 is 5.91 Å². The van der Waals surface area contributed by atoms with Crippen molar-refractivity contribution in [2.24, 2.45) is 0 Å². The van der Waals surface area contributed by atoms with Crippen molar-refractivity contribution in [2.75, 3.05) is 12.4 Å². The number of benzene rings is 2. The maximum atomic E-state index is 12.5. The molecule has 0 radical (unpaired) electrons. The van der Waals surface area contributed by atoms with Gasteiger partial charge in [0, 0.05) is 11.3 Å². The Hall–Kier alpha value is -3.26. The van der Waals surface area contributed by atoms with E-state index in [2.05, 4.69) is 5.32 Å². The number of ether oxygens (including phenoxy) is 2. The molecule has 0 saturated carbocycles. The molecule has 0 bridgehead atoms. The molecule has 134 valence electrons. The first-order valence-corrected chi connectivity index (χ1v) is 8.28. The van der Waals surface area contributed by atoms with Gasteiger partial charge in [0.15, 0.2) is 11.5 Å². The van der Waals surface area contributed by atoms with Crippen molar-refractivity contribution in [3.63, 3.8) is 0 Å². The van der Waals surface area contributed by atoms with Crippen LogP contribution in [0.5, 0.6) is 11.5 Å². The molecule has 0 aliphatic rings. The SMILES string of the molecule is COc1cccc(C=C(C#N)C(=O)Nc2ccccc2C)c1OC(C)C. The van der Waals surface area contributed by atoms with Gasteiger partial charge in [-0.15, -0.1) is 0 Å². The van der Waals surface area contributed by atoms with Crippen LogP contribution in [0, 0.1) is 18.3 Å². The van der Waals surface area contributed by atoms with Crippen LogP contribution in [0.3, 0.4) is 0 Å². The first-order chi connectivity index (χ1) is 12.5. The summed E-state index contributed by atoms with van der Waals surface area (Å²) in [6, 6.07) is 14.7. The van der Waals surface area contributed by atoms with Gasteiger partial charge in [0.05, 0.1) is 13.2 Å². The van der Waals surface area contributed by atoms with E-state index in [1.54, 1.807) is 31.4 Å². The summed E-state index contributed by atoms with van der Waals surface area (Å²) in [5, 5.41) is 12.2. The predicted octanol–water partition coefficient (Wildman–Crippen LogP) is 4.34. The smallest absolute Gasteiger partial charge is 0.266 e. The maximum absolute atomic E-state index is 12.5. The molecule has 0 aliphatic carbocycles. The number of hydrogen-bond donors (Lipinski definition) is 1. The van der Waals surface area contributed by atoms with Crippen LogP contribution in [0.15, 0.2) is 48.0 Å². The quantitative estimate of drug-likeness (QED) is 0.621. The molecule has 1 amide bonds. The number of methoxy groups -OCH3 is 1. The van der Waals surface area contributed by atoms with Crippen LogP contribution in [0.4, 0.5) is 5.69 Å². The van der Waals surface area contributed by atoms with E-state index in [0.717, 1.165) is 5.56 Å². The third-order valence-electron chi connectivity index (χ3n) is 3.64. The van der Waals surface area contributed by atoms with E-state index in [9.17, 15) is 10.1 Å². The van der Waals surface area contributed by atoms with Gasteiger partial charge in [-0.1, -0.05) is 30.3 Å². The lowest BCUT2D eigenvalue weighted by molar-refractivity contribution is -0.112. The molecule has 5 nitrogen and oxygen atoms in total. The molecule has 0 fully saturated rings. The fourth-order valence-corrected chi connectivity index (χ4v) is 2.38. The Morgan fingerprint density at radius 2 is 1.92 bits per heavy atom. The summed E-state index contributed by atoms with van der Waals surface area (Å²) in [5.74, 6) is 0.575. The number of rotatable bonds is 6. The Morgan fingerprint density at radius 3 is 2.54 bits per heavy atom. The molecular formula is C21H22N2O3. The standard InChI is InChI=1S/C21H22N2O3/c1-14(2)26-20-16(9-7-11-19(20)25-4)12-17(13-22)21(24)23-18-10-6-5-8-15(18)3/h5-12,14H,1-4H3,(H,23,24). The number of aryl methyl sites for hydroxylation is 1. The molecule has 0 aromatic heterocycles. The lowest BCUT2D eigenvalue weighted by atomic mass is 10.1. The first-order valence-electron chi connectivity index (χ1n) is 8.28. The second kappa shape index (κ2) is 8.72. The van der Waals surface area contributed by atoms with Gasteiger partial charge in [-0.2, -0.15) is 5.26 Å². The third kappa shape index (κ3) is 4.64. The Morgan fingerprint density at radius 1 is 1.19 bits per heavy atom. The minimum atomic E-state index is -0.472. The van der Waals surface area contributed by atoms with Gasteiger partial charge in [0.2, 0.25) is 0 Å². The molecule has 0 spiro atoms. The van der Waals surface area contributed by atoms with Crippen molar-refractivity contribution in [3.8, 4) is 17.6 Å². The lowest BCUT2D eigenvalue weighted by Gasteiger charge is -2.16. The highest BCUT2D eigenvalue weighted by Gasteiger charge is 2.15. The second-order valence-electron chi connectivity index (χ2n) is 5.98. The summed E-state index contributed by atoms with van der Waals surface area (Å²) in [7, 11) is 1.55. The van der Waals surface area contributed by atoms with Gasteiger partial charge in [-0.25, -0.2) is 0 Å². The van der Waals surface area contributed by atoms with Gasteiger partial charge < -0.3 is 14.8 Å². The summed E-state index contributed by atoms with van der Waals surface area (Å²) >= 11 is 0. The van der Waals surface area contributed by atoms with Crippen molar-refractivity contribution < 1.29 is 14.3 Å². The highest BCUT2D eigenvalue weighted by Crippen LogP contribution is 2.33. The van der Waals surface area contributed by atoms with E-state index in [1.165, 1.54) is 6.08 Å². The van der Waals surface area contributed by atoms with Gasteiger partial charge in [0.1, 0.15) is 11.6 Å². The van der Waals surface area contributed by atoms with Crippen LogP contribution in [0.2, 0.25) is 0 Å². The third-order valence-corrected chi connectivity index (χ3v) is 3.64. The summed E-state index contributed by atoms with van der Waals surface area (Å²) in [5.41, 5.74) is 2.18. The minimum absolute atomic E-state index is 0.0184. The van der Waals surface area contributed by atoms with Crippen molar-refractivity contribution in [2.45, 2.75) is 26.9 Å². The molecule has 2 aromatic carbocycles. The zero-order valence-electron chi connectivity index (χ0n) is 15.4. The molecule has 2 aromatic rings. The number of anilines is 1. The fourth-order valence-electron chi connectivity index (χ4n) is 2.38. The zero-order chi connectivity index (χ0) is 19.1. The van der Waals surface area contributed by atoms with Crippen LogP contribution in [0.25, 0.3) is 6.08 Å². The van der Waals surface area contributed by atoms with E-state index in [-0.39, 0.29) is 11.7 Å². The molecular weight excluding hydrogens is 328 g/mol. The summed E-state index contributed by atoms with van der Waals surface area (Å²) in [6.07, 6.45) is 1.43. The van der Waals surface area contributed by atoms with E-state index >= 15 is 0 Å². The number of carbonyl (C=O) groups is 1. The van der Waals surface area contributed by atoms with Gasteiger partial charge in [-0.05, 0) is 44.5 Å². The monoisotopic (exact) mass is 350 g/mol. The number of amides is 1. The summed E-state index contributed by atoms with van der Waals surface area (Å²) in [4.78, 5) is 12.5. The van der Waals surface area contributed by atoms with Crippen molar-refractivity contribution in [1.82, 2.24) is 0 Å². The lowest BCUT2D eigenvalue weighted by Crippen LogP contribution is -2.14. The molecule has 1 N–H and O–H groups in total. The van der Waals surface area contributed by atoms with Crippen LogP contribution < -0.4 is 14.8 Å². The second-order valence-corrected chi connectivity index (χ2v) is 5.98. The minimum Gasteiger partial charge on any atom is -0.493 e. The number of nitrogens with one attached hydrogen (secondary N) is 1.